The van der Waals surface area contributed by atoms with Gasteiger partial charge in [-0.05, 0) is 30.7 Å². The lowest BCUT2D eigenvalue weighted by Gasteiger charge is -2.11. The van der Waals surface area contributed by atoms with Gasteiger partial charge < -0.3 is 9.84 Å². The number of nitro groups is 1. The maximum Gasteiger partial charge on any atom is 0.336 e. The van der Waals surface area contributed by atoms with Gasteiger partial charge in [-0.1, -0.05) is 18.2 Å². The van der Waals surface area contributed by atoms with Crippen molar-refractivity contribution in [2.75, 3.05) is 7.11 Å². The fraction of sp³-hybridized carbons (Fsp3) is 0.118. The summed E-state index contributed by atoms with van der Waals surface area (Å²) in [4.78, 5) is 21.3. The Balaban J connectivity index is 2.34. The minimum Gasteiger partial charge on any atom is -0.496 e. The Morgan fingerprint density at radius 1 is 1.17 bits per heavy atom. The second kappa shape index (κ2) is 6.74. The van der Waals surface area contributed by atoms with E-state index in [1.807, 2.05) is 0 Å². The Morgan fingerprint density at radius 2 is 1.83 bits per heavy atom. The van der Waals surface area contributed by atoms with Gasteiger partial charge in [0.15, 0.2) is 0 Å². The van der Waals surface area contributed by atoms with E-state index in [2.05, 4.69) is 0 Å². The van der Waals surface area contributed by atoms with Gasteiger partial charge in [0.2, 0.25) is 0 Å². The Labute approximate surface area is 132 Å². The molecule has 1 N–H and O–H groups in total. The van der Waals surface area contributed by atoms with E-state index in [0.29, 0.717) is 11.3 Å². The van der Waals surface area contributed by atoms with Crippen molar-refractivity contribution < 1.29 is 19.6 Å². The van der Waals surface area contributed by atoms with Crippen molar-refractivity contribution in [1.29, 1.82) is 0 Å². The molecule has 0 saturated carbocycles. The van der Waals surface area contributed by atoms with E-state index >= 15 is 0 Å². The average Bonchev–Trinajstić information content (AvgIpc) is 2.52. The molecule has 2 rings (SSSR count). The molecule has 0 radical (unpaired) electrons. The molecule has 0 aliphatic heterocycles. The van der Waals surface area contributed by atoms with Crippen LogP contribution < -0.4 is 4.74 Å². The van der Waals surface area contributed by atoms with Gasteiger partial charge in [-0.2, -0.15) is 0 Å². The van der Waals surface area contributed by atoms with Crippen LogP contribution in [0.3, 0.4) is 0 Å². The van der Waals surface area contributed by atoms with Gasteiger partial charge >= 0.3 is 5.97 Å². The fourth-order valence-electron chi connectivity index (χ4n) is 2.24. The number of carboxylic acid groups (broad SMARTS) is 1. The van der Waals surface area contributed by atoms with Crippen LogP contribution >= 0.6 is 0 Å². The Kier molecular flexibility index (Phi) is 4.75. The molecule has 2 aromatic carbocycles. The van der Waals surface area contributed by atoms with Crippen LogP contribution in [0.25, 0.3) is 12.2 Å². The van der Waals surface area contributed by atoms with Crippen molar-refractivity contribution in [3.8, 4) is 5.75 Å². The molecule has 0 amide bonds. The van der Waals surface area contributed by atoms with Gasteiger partial charge in [0.1, 0.15) is 5.75 Å². The third kappa shape index (κ3) is 3.55. The van der Waals surface area contributed by atoms with Gasteiger partial charge in [0.25, 0.3) is 5.69 Å². The Bertz CT molecular complexity index is 778. The minimum absolute atomic E-state index is 0.0291. The number of nitrogens with zero attached hydrogens (tertiary/aromatic N) is 1. The summed E-state index contributed by atoms with van der Waals surface area (Å²) in [6.45, 7) is 1.69. The van der Waals surface area contributed by atoms with Crippen molar-refractivity contribution >= 4 is 23.8 Å². The number of hydrogen-bond donors (Lipinski definition) is 1. The molecular weight excluding hydrogens is 298 g/mol. The predicted octanol–water partition coefficient (Wildman–Crippen LogP) is 3.78. The van der Waals surface area contributed by atoms with Crippen molar-refractivity contribution in [3.63, 3.8) is 0 Å². The predicted molar refractivity (Wildman–Crippen MR) is 86.7 cm³/mol. The largest absolute Gasteiger partial charge is 0.496 e. The number of carboxylic acids is 1. The summed E-state index contributed by atoms with van der Waals surface area (Å²) >= 11 is 0. The lowest BCUT2D eigenvalue weighted by molar-refractivity contribution is -0.384. The molecule has 23 heavy (non-hydrogen) atoms. The number of nitro benzene ring substituents is 1. The van der Waals surface area contributed by atoms with Crippen molar-refractivity contribution in [1.82, 2.24) is 0 Å². The molecule has 6 heteroatoms. The SMILES string of the molecule is COc1c(C=Cc2ccc([N+](=O)[O-])cc2)ccc(C(=O)O)c1C. The van der Waals surface area contributed by atoms with Crippen LogP contribution in [0.1, 0.15) is 27.0 Å². The molecule has 0 aliphatic carbocycles. The summed E-state index contributed by atoms with van der Waals surface area (Å²) in [5.41, 5.74) is 2.28. The molecule has 0 saturated heterocycles. The summed E-state index contributed by atoms with van der Waals surface area (Å²) in [6, 6.07) is 9.32. The van der Waals surface area contributed by atoms with Crippen LogP contribution in [0.5, 0.6) is 5.75 Å². The van der Waals surface area contributed by atoms with Crippen molar-refractivity contribution in [2.45, 2.75) is 6.92 Å². The normalized spacial score (nSPS) is 10.7. The number of hydrogen-bond acceptors (Lipinski definition) is 4. The molecule has 0 fully saturated rings. The molecule has 0 aliphatic rings. The molecule has 2 aromatic rings. The van der Waals surface area contributed by atoms with Gasteiger partial charge in [0.05, 0.1) is 17.6 Å². The third-order valence-corrected chi connectivity index (χ3v) is 3.43. The summed E-state index contributed by atoms with van der Waals surface area (Å²) < 4.78 is 5.30. The van der Waals surface area contributed by atoms with Gasteiger partial charge in [-0.3, -0.25) is 10.1 Å². The van der Waals surface area contributed by atoms with Gasteiger partial charge in [-0.15, -0.1) is 0 Å². The monoisotopic (exact) mass is 313 g/mol. The van der Waals surface area contributed by atoms with E-state index < -0.39 is 10.9 Å². The first kappa shape index (κ1) is 16.2. The van der Waals surface area contributed by atoms with Gasteiger partial charge in [0, 0.05) is 23.3 Å². The highest BCUT2D eigenvalue weighted by atomic mass is 16.6. The molecule has 0 bridgehead atoms. The Morgan fingerprint density at radius 3 is 2.35 bits per heavy atom. The maximum atomic E-state index is 11.1. The molecule has 0 heterocycles. The van der Waals surface area contributed by atoms with Crippen molar-refractivity contribution in [2.24, 2.45) is 0 Å². The number of ether oxygens (including phenoxy) is 1. The molecule has 6 nitrogen and oxygen atoms in total. The first-order chi connectivity index (χ1) is 10.9. The van der Waals surface area contributed by atoms with E-state index in [-0.39, 0.29) is 11.3 Å². The van der Waals surface area contributed by atoms with Gasteiger partial charge in [-0.25, -0.2) is 4.79 Å². The number of methoxy groups -OCH3 is 1. The lowest BCUT2D eigenvalue weighted by atomic mass is 10.0. The quantitative estimate of drug-likeness (QED) is 0.515. The molecule has 118 valence electrons. The number of carbonyl (C=O) groups is 1. The lowest BCUT2D eigenvalue weighted by Crippen LogP contribution is -2.02. The second-order valence-electron chi connectivity index (χ2n) is 4.85. The standard InChI is InChI=1S/C17H15NO5/c1-11-15(17(19)20)10-7-13(16(11)23-2)6-3-12-4-8-14(9-5-12)18(21)22/h3-10H,1-2H3,(H,19,20). The van der Waals surface area contributed by atoms with Crippen LogP contribution in [-0.4, -0.2) is 23.1 Å². The van der Waals surface area contributed by atoms with Crippen LogP contribution in [0, 0.1) is 17.0 Å². The van der Waals surface area contributed by atoms with Crippen LogP contribution in [0.2, 0.25) is 0 Å². The number of non-ortho nitro benzene ring substituents is 1. The smallest absolute Gasteiger partial charge is 0.336 e. The zero-order valence-corrected chi connectivity index (χ0v) is 12.6. The highest BCUT2D eigenvalue weighted by Gasteiger charge is 2.13. The zero-order chi connectivity index (χ0) is 17.0. The van der Waals surface area contributed by atoms with Crippen LogP contribution in [-0.2, 0) is 0 Å². The first-order valence-electron chi connectivity index (χ1n) is 6.77. The summed E-state index contributed by atoms with van der Waals surface area (Å²) in [6.07, 6.45) is 3.56. The van der Waals surface area contributed by atoms with E-state index in [4.69, 9.17) is 9.84 Å². The minimum atomic E-state index is -1.01. The number of rotatable bonds is 5. The van der Waals surface area contributed by atoms with Crippen LogP contribution in [0.4, 0.5) is 5.69 Å². The summed E-state index contributed by atoms with van der Waals surface area (Å²) in [5, 5.41) is 19.7. The highest BCUT2D eigenvalue weighted by Crippen LogP contribution is 2.28. The summed E-state index contributed by atoms with van der Waals surface area (Å²) in [5.74, 6) is -0.519. The number of aromatic carboxylic acids is 1. The molecular formula is C17H15NO5. The first-order valence-corrected chi connectivity index (χ1v) is 6.77. The molecule has 0 aromatic heterocycles. The maximum absolute atomic E-state index is 11.1. The number of benzene rings is 2. The zero-order valence-electron chi connectivity index (χ0n) is 12.6. The average molecular weight is 313 g/mol. The van der Waals surface area contributed by atoms with E-state index in [1.54, 1.807) is 37.3 Å². The fourth-order valence-corrected chi connectivity index (χ4v) is 2.24. The molecule has 0 atom stereocenters. The van der Waals surface area contributed by atoms with E-state index in [0.717, 1.165) is 11.1 Å². The third-order valence-electron chi connectivity index (χ3n) is 3.43. The molecule has 0 spiro atoms. The van der Waals surface area contributed by atoms with Crippen LogP contribution in [0.15, 0.2) is 36.4 Å². The Hall–Kier alpha value is -3.15. The van der Waals surface area contributed by atoms with E-state index in [1.165, 1.54) is 25.3 Å². The second-order valence-corrected chi connectivity index (χ2v) is 4.85. The van der Waals surface area contributed by atoms with E-state index in [9.17, 15) is 14.9 Å². The topological polar surface area (TPSA) is 89.7 Å². The van der Waals surface area contributed by atoms with Crippen molar-refractivity contribution in [3.05, 3.63) is 68.8 Å². The molecule has 0 unspecified atom stereocenters. The summed E-state index contributed by atoms with van der Waals surface area (Å²) in [7, 11) is 1.48. The highest BCUT2D eigenvalue weighted by molar-refractivity contribution is 5.91.